The van der Waals surface area contributed by atoms with Crippen LogP contribution < -0.4 is 20.7 Å². The number of azide groups is 1. The molecule has 0 spiro atoms. The van der Waals surface area contributed by atoms with Crippen LogP contribution in [0.4, 0.5) is 4.79 Å². The first-order valence-electron chi connectivity index (χ1n) is 22.1. The number of amides is 4. The highest BCUT2D eigenvalue weighted by molar-refractivity contribution is 5.96. The fourth-order valence-electron chi connectivity index (χ4n) is 8.80. The Morgan fingerprint density at radius 1 is 0.821 bits per heavy atom. The normalized spacial score (nSPS) is 16.5. The van der Waals surface area contributed by atoms with Crippen LogP contribution >= 0.6 is 0 Å². The van der Waals surface area contributed by atoms with E-state index in [2.05, 4.69) is 31.9 Å². The standard InChI is InChI=1S/C52H53N7O8/c1-6-25-66-37-23-20-32(21-24-37)27-44(50(63)65-5)55-47(60)43(28-33-19-22-34-13-7-8-14-35(34)26-33)54-48(61)45-29-36(57-58-53)30-59(45)49(62)46(52(2,3)4)56-51(64)67-31-42-40-17-11-9-15-38(40)39-16-10-12-18-41(39)42/h1,7-24,26,36,42-46H,25,27-31H2,2-5H3,(H,54,61)(H,55,60)(H,56,64)/t36-,43-,44-,45-,46+/m0/s1. The van der Waals surface area contributed by atoms with Gasteiger partial charge in [0, 0.05) is 30.2 Å². The van der Waals surface area contributed by atoms with Crippen LogP contribution in [0.2, 0.25) is 0 Å². The summed E-state index contributed by atoms with van der Waals surface area (Å²) in [6, 6.07) is 30.5. The van der Waals surface area contributed by atoms with Gasteiger partial charge in [-0.2, -0.15) is 0 Å². The molecule has 2 aliphatic rings. The number of rotatable bonds is 16. The molecule has 1 heterocycles. The van der Waals surface area contributed by atoms with Crippen molar-refractivity contribution in [3.05, 3.63) is 148 Å². The second-order valence-corrected chi connectivity index (χ2v) is 17.7. The average Bonchev–Trinajstić information content (AvgIpc) is 3.90. The Morgan fingerprint density at radius 2 is 1.45 bits per heavy atom. The number of ether oxygens (including phenoxy) is 3. The Balaban J connectivity index is 1.11. The van der Waals surface area contributed by atoms with Crippen LogP contribution in [0.3, 0.4) is 0 Å². The monoisotopic (exact) mass is 903 g/mol. The minimum atomic E-state index is -1.26. The Kier molecular flexibility index (Phi) is 14.8. The van der Waals surface area contributed by atoms with Gasteiger partial charge in [0.25, 0.3) is 0 Å². The number of esters is 1. The van der Waals surface area contributed by atoms with Gasteiger partial charge in [-0.3, -0.25) is 14.4 Å². The molecule has 1 saturated heterocycles. The molecular formula is C52H53N7O8. The van der Waals surface area contributed by atoms with Crippen molar-refractivity contribution in [2.45, 2.75) is 76.2 Å². The molecular weight excluding hydrogens is 851 g/mol. The second kappa shape index (κ2) is 21.0. The Morgan fingerprint density at radius 3 is 2.09 bits per heavy atom. The van der Waals surface area contributed by atoms with E-state index >= 15 is 0 Å². The van der Waals surface area contributed by atoms with Crippen molar-refractivity contribution < 1.29 is 38.2 Å². The van der Waals surface area contributed by atoms with Gasteiger partial charge in [0.1, 0.15) is 43.1 Å². The van der Waals surface area contributed by atoms with Gasteiger partial charge < -0.3 is 35.1 Å². The van der Waals surface area contributed by atoms with Crippen molar-refractivity contribution in [2.75, 3.05) is 26.9 Å². The quantitative estimate of drug-likeness (QED) is 0.0309. The van der Waals surface area contributed by atoms with Gasteiger partial charge in [-0.15, -0.1) is 6.42 Å². The van der Waals surface area contributed by atoms with E-state index in [1.165, 1.54) is 12.0 Å². The zero-order valence-electron chi connectivity index (χ0n) is 37.8. The van der Waals surface area contributed by atoms with Gasteiger partial charge >= 0.3 is 12.1 Å². The van der Waals surface area contributed by atoms with Crippen LogP contribution in [0.15, 0.2) is 120 Å². The summed E-state index contributed by atoms with van der Waals surface area (Å²) in [6.07, 6.45) is 4.50. The number of nitrogens with one attached hydrogen (secondary N) is 3. The predicted octanol–water partition coefficient (Wildman–Crippen LogP) is 7.01. The molecule has 0 saturated carbocycles. The fourth-order valence-corrected chi connectivity index (χ4v) is 8.80. The third-order valence-corrected chi connectivity index (χ3v) is 12.2. The van der Waals surface area contributed by atoms with E-state index in [-0.39, 0.29) is 44.9 Å². The number of nitrogens with zero attached hydrogens (tertiary/aromatic N) is 4. The molecule has 1 aliphatic carbocycles. The molecule has 15 heteroatoms. The van der Waals surface area contributed by atoms with Crippen molar-refractivity contribution >= 4 is 40.6 Å². The molecule has 0 unspecified atom stereocenters. The molecule has 4 amide bonds. The molecule has 0 bridgehead atoms. The largest absolute Gasteiger partial charge is 0.481 e. The van der Waals surface area contributed by atoms with Crippen molar-refractivity contribution in [2.24, 2.45) is 10.5 Å². The molecule has 1 fully saturated rings. The van der Waals surface area contributed by atoms with E-state index in [0.717, 1.165) is 33.0 Å². The number of fused-ring (bicyclic) bond motifs is 4. The summed E-state index contributed by atoms with van der Waals surface area (Å²) < 4.78 is 16.4. The van der Waals surface area contributed by atoms with Crippen LogP contribution in [0.5, 0.6) is 5.75 Å². The van der Waals surface area contributed by atoms with Crippen molar-refractivity contribution in [1.82, 2.24) is 20.9 Å². The molecule has 3 N–H and O–H groups in total. The molecule has 15 nitrogen and oxygen atoms in total. The lowest BCUT2D eigenvalue weighted by atomic mass is 9.85. The third-order valence-electron chi connectivity index (χ3n) is 12.2. The summed E-state index contributed by atoms with van der Waals surface area (Å²) in [5.41, 5.74) is 14.1. The van der Waals surface area contributed by atoms with Gasteiger partial charge in [0.2, 0.25) is 17.7 Å². The van der Waals surface area contributed by atoms with Crippen molar-refractivity contribution in [3.63, 3.8) is 0 Å². The Bertz CT molecular complexity index is 2690. The summed E-state index contributed by atoms with van der Waals surface area (Å²) in [7, 11) is 1.21. The van der Waals surface area contributed by atoms with Crippen LogP contribution in [-0.2, 0) is 41.5 Å². The molecule has 344 valence electrons. The summed E-state index contributed by atoms with van der Waals surface area (Å²) in [6.45, 7) is 5.30. The lowest BCUT2D eigenvalue weighted by Gasteiger charge is -2.35. The summed E-state index contributed by atoms with van der Waals surface area (Å²) in [4.78, 5) is 74.8. The third kappa shape index (κ3) is 11.2. The van der Waals surface area contributed by atoms with Gasteiger partial charge in [0.15, 0.2) is 0 Å². The molecule has 5 aromatic rings. The van der Waals surface area contributed by atoms with Gasteiger partial charge in [-0.25, -0.2) is 9.59 Å². The van der Waals surface area contributed by atoms with Gasteiger partial charge in [0.05, 0.1) is 13.2 Å². The maximum absolute atomic E-state index is 14.7. The molecule has 5 aromatic carbocycles. The van der Waals surface area contributed by atoms with Crippen molar-refractivity contribution in [3.8, 4) is 29.2 Å². The van der Waals surface area contributed by atoms with Crippen LogP contribution in [0.25, 0.3) is 32.3 Å². The first-order valence-corrected chi connectivity index (χ1v) is 22.1. The minimum absolute atomic E-state index is 0.00587. The number of hydrogen-bond donors (Lipinski definition) is 3. The smallest absolute Gasteiger partial charge is 0.407 e. The number of likely N-dealkylation sites (tertiary alicyclic amines) is 1. The first-order chi connectivity index (χ1) is 32.3. The summed E-state index contributed by atoms with van der Waals surface area (Å²) >= 11 is 0. The van der Waals surface area contributed by atoms with Crippen LogP contribution in [0.1, 0.15) is 55.4 Å². The maximum atomic E-state index is 14.7. The van der Waals surface area contributed by atoms with Crippen LogP contribution in [-0.4, -0.2) is 91.8 Å². The zero-order valence-corrected chi connectivity index (χ0v) is 37.8. The van der Waals surface area contributed by atoms with E-state index in [4.69, 9.17) is 20.6 Å². The minimum Gasteiger partial charge on any atom is -0.481 e. The van der Waals surface area contributed by atoms with E-state index in [1.807, 2.05) is 91.0 Å². The summed E-state index contributed by atoms with van der Waals surface area (Å²) in [5, 5.41) is 14.2. The van der Waals surface area contributed by atoms with E-state index < -0.39 is 65.4 Å². The average molecular weight is 904 g/mol. The number of benzene rings is 5. The lowest BCUT2D eigenvalue weighted by molar-refractivity contribution is -0.145. The molecule has 1 aliphatic heterocycles. The van der Waals surface area contributed by atoms with Gasteiger partial charge in [-0.1, -0.05) is 135 Å². The van der Waals surface area contributed by atoms with Crippen LogP contribution in [0, 0.1) is 17.8 Å². The summed E-state index contributed by atoms with van der Waals surface area (Å²) in [5.74, 6) is 0.0271. The highest BCUT2D eigenvalue weighted by Crippen LogP contribution is 2.44. The zero-order chi connectivity index (χ0) is 47.7. The fraction of sp³-hybridized carbons (Fsp3) is 0.327. The van der Waals surface area contributed by atoms with E-state index in [9.17, 15) is 29.5 Å². The van der Waals surface area contributed by atoms with E-state index in [1.54, 1.807) is 45.0 Å². The number of carbonyl (C=O) groups is 5. The topological polar surface area (TPSA) is 201 Å². The number of terminal acetylenes is 1. The highest BCUT2D eigenvalue weighted by atomic mass is 16.5. The molecule has 0 aromatic heterocycles. The Labute approximate surface area is 389 Å². The maximum Gasteiger partial charge on any atom is 0.407 e. The number of alkyl carbamates (subject to hydrolysis) is 1. The molecule has 0 radical (unpaired) electrons. The first kappa shape index (κ1) is 47.2. The number of hydrogen-bond acceptors (Lipinski definition) is 9. The molecule has 67 heavy (non-hydrogen) atoms. The second-order valence-electron chi connectivity index (χ2n) is 17.7. The predicted molar refractivity (Wildman–Crippen MR) is 253 cm³/mol. The molecule has 7 rings (SSSR count). The van der Waals surface area contributed by atoms with E-state index in [0.29, 0.717) is 16.9 Å². The van der Waals surface area contributed by atoms with Gasteiger partial charge in [-0.05, 0) is 73.7 Å². The molecule has 5 atom stereocenters. The Hall–Kier alpha value is -7.82. The number of carbonyl (C=O) groups excluding carboxylic acids is 5. The van der Waals surface area contributed by atoms with Crippen molar-refractivity contribution in [1.29, 1.82) is 0 Å². The number of methoxy groups -OCH3 is 1. The highest BCUT2D eigenvalue weighted by Gasteiger charge is 2.46. The SMILES string of the molecule is C#CCOc1ccc(C[C@H](NC(=O)[C@H](Cc2ccc3ccccc3c2)NC(=O)[C@@H]2C[C@H](N=[N+]=[N-])CN2C(=O)[C@@H](NC(=O)OCC2c3ccccc3-c3ccccc32)C(C)(C)C)C(=O)OC)cc1. The lowest BCUT2D eigenvalue weighted by Crippen LogP contribution is -2.60.